The van der Waals surface area contributed by atoms with Crippen molar-refractivity contribution >= 4 is 16.9 Å². The van der Waals surface area contributed by atoms with Crippen LogP contribution in [0.3, 0.4) is 0 Å². The molecule has 1 aromatic carbocycles. The first-order chi connectivity index (χ1) is 7.00. The van der Waals surface area contributed by atoms with Crippen LogP contribution in [0.25, 0.3) is 11.2 Å². The number of anilines is 1. The second kappa shape index (κ2) is 2.98. The van der Waals surface area contributed by atoms with E-state index in [4.69, 9.17) is 14.6 Å². The Morgan fingerprint density at radius 2 is 1.67 bits per heavy atom. The van der Waals surface area contributed by atoms with E-state index in [-0.39, 0.29) is 11.2 Å². The van der Waals surface area contributed by atoms with E-state index in [1.54, 1.807) is 13.8 Å². The van der Waals surface area contributed by atoms with E-state index in [2.05, 4.69) is 0 Å². The Kier molecular flexibility index (Phi) is 1.89. The van der Waals surface area contributed by atoms with Gasteiger partial charge in [-0.2, -0.15) is 0 Å². The Bertz CT molecular complexity index is 651. The Hall–Kier alpha value is -2.04. The molecule has 0 spiro atoms. The summed E-state index contributed by atoms with van der Waals surface area (Å²) in [6.45, 7) is 3.55. The van der Waals surface area contributed by atoms with Gasteiger partial charge in [-0.3, -0.25) is 0 Å². The quantitative estimate of drug-likeness (QED) is 0.513. The summed E-state index contributed by atoms with van der Waals surface area (Å²) in [5.41, 5.74) is 6.13. The van der Waals surface area contributed by atoms with Gasteiger partial charge < -0.3 is 14.6 Å². The van der Waals surface area contributed by atoms with E-state index < -0.39 is 11.3 Å². The third-order valence-corrected chi connectivity index (χ3v) is 2.41. The summed E-state index contributed by atoms with van der Waals surface area (Å²) in [6.07, 6.45) is 0. The molecule has 0 fully saturated rings. The highest BCUT2D eigenvalue weighted by molar-refractivity contribution is 5.80. The first-order valence-corrected chi connectivity index (χ1v) is 4.34. The van der Waals surface area contributed by atoms with Crippen molar-refractivity contribution in [2.75, 3.05) is 5.73 Å². The third-order valence-electron chi connectivity index (χ3n) is 2.41. The molecule has 5 nitrogen and oxygen atoms in total. The zero-order chi connectivity index (χ0) is 11.2. The largest absolute Gasteiger partial charge is 0.423 e. The lowest BCUT2D eigenvalue weighted by Crippen LogP contribution is -2.21. The van der Waals surface area contributed by atoms with Crippen molar-refractivity contribution in [3.63, 3.8) is 0 Å². The van der Waals surface area contributed by atoms with Gasteiger partial charge in [0, 0.05) is 17.3 Å². The number of rotatable bonds is 0. The SMILES string of the molecule is Cc1c(N)cc2oc(=O)c(=O)oc2c1C. The average molecular weight is 207 g/mol. The highest BCUT2D eigenvalue weighted by Crippen LogP contribution is 2.24. The summed E-state index contributed by atoms with van der Waals surface area (Å²) in [5, 5.41) is 0. The van der Waals surface area contributed by atoms with E-state index in [1.165, 1.54) is 6.07 Å². The lowest BCUT2D eigenvalue weighted by Gasteiger charge is -2.05. The zero-order valence-corrected chi connectivity index (χ0v) is 8.29. The van der Waals surface area contributed by atoms with Crippen LogP contribution in [-0.4, -0.2) is 0 Å². The van der Waals surface area contributed by atoms with E-state index in [9.17, 15) is 9.59 Å². The van der Waals surface area contributed by atoms with E-state index in [0.717, 1.165) is 5.56 Å². The van der Waals surface area contributed by atoms with Crippen LogP contribution in [0.2, 0.25) is 0 Å². The summed E-state index contributed by atoms with van der Waals surface area (Å²) >= 11 is 0. The van der Waals surface area contributed by atoms with Crippen molar-refractivity contribution < 1.29 is 8.83 Å². The van der Waals surface area contributed by atoms with E-state index >= 15 is 0 Å². The molecule has 0 radical (unpaired) electrons. The number of aryl methyl sites for hydroxylation is 1. The lowest BCUT2D eigenvalue weighted by molar-refractivity contribution is 0.447. The van der Waals surface area contributed by atoms with Gasteiger partial charge in [0.2, 0.25) is 0 Å². The van der Waals surface area contributed by atoms with Crippen molar-refractivity contribution in [3.8, 4) is 0 Å². The van der Waals surface area contributed by atoms with Crippen molar-refractivity contribution in [1.29, 1.82) is 0 Å². The number of nitrogen functional groups attached to an aromatic ring is 1. The van der Waals surface area contributed by atoms with Gasteiger partial charge in [-0.05, 0) is 19.4 Å². The van der Waals surface area contributed by atoms with Gasteiger partial charge in [-0.25, -0.2) is 9.59 Å². The molecule has 0 bridgehead atoms. The first kappa shape index (κ1) is 9.51. The van der Waals surface area contributed by atoms with Gasteiger partial charge in [0.25, 0.3) is 0 Å². The number of hydrogen-bond donors (Lipinski definition) is 1. The summed E-state index contributed by atoms with van der Waals surface area (Å²) in [6, 6.07) is 1.47. The van der Waals surface area contributed by atoms with Gasteiger partial charge >= 0.3 is 11.3 Å². The molecule has 1 heterocycles. The Morgan fingerprint density at radius 1 is 1.07 bits per heavy atom. The summed E-state index contributed by atoms with van der Waals surface area (Å²) in [4.78, 5) is 21.9. The minimum Gasteiger partial charge on any atom is -0.414 e. The Balaban J connectivity index is 3.06. The summed E-state index contributed by atoms with van der Waals surface area (Å²) in [7, 11) is 0. The molecule has 0 atom stereocenters. The standard InChI is InChI=1S/C10H9NO4/c1-4-5(2)8-7(3-6(4)11)14-9(12)10(13)15-8/h3H,11H2,1-2H3. The summed E-state index contributed by atoms with van der Waals surface area (Å²) in [5.74, 6) is 0. The fraction of sp³-hybridized carbons (Fsp3) is 0.200. The molecule has 2 N–H and O–H groups in total. The van der Waals surface area contributed by atoms with Crippen LogP contribution in [0.4, 0.5) is 5.69 Å². The molecular weight excluding hydrogens is 198 g/mol. The van der Waals surface area contributed by atoms with Gasteiger partial charge in [-0.15, -0.1) is 0 Å². The van der Waals surface area contributed by atoms with Crippen LogP contribution in [0.15, 0.2) is 24.5 Å². The van der Waals surface area contributed by atoms with Crippen LogP contribution < -0.4 is 17.0 Å². The smallest absolute Gasteiger partial charge is 0.414 e. The topological polar surface area (TPSA) is 86.4 Å². The Morgan fingerprint density at radius 3 is 2.33 bits per heavy atom. The molecule has 0 aliphatic heterocycles. The molecule has 2 aromatic rings. The Labute approximate surface area is 84.1 Å². The molecule has 0 unspecified atom stereocenters. The average Bonchev–Trinajstić information content (AvgIpc) is 2.19. The van der Waals surface area contributed by atoms with Crippen LogP contribution >= 0.6 is 0 Å². The van der Waals surface area contributed by atoms with Crippen LogP contribution in [0.1, 0.15) is 11.1 Å². The molecular formula is C10H9NO4. The van der Waals surface area contributed by atoms with Crippen LogP contribution in [0.5, 0.6) is 0 Å². The monoisotopic (exact) mass is 207 g/mol. The van der Waals surface area contributed by atoms with Gasteiger partial charge in [-0.1, -0.05) is 0 Å². The maximum absolute atomic E-state index is 11.0. The maximum Gasteiger partial charge on any atom is 0.423 e. The van der Waals surface area contributed by atoms with Crippen molar-refractivity contribution in [3.05, 3.63) is 38.0 Å². The minimum atomic E-state index is -1.02. The molecule has 0 aliphatic rings. The summed E-state index contributed by atoms with van der Waals surface area (Å²) < 4.78 is 9.61. The highest BCUT2D eigenvalue weighted by atomic mass is 16.5. The molecule has 15 heavy (non-hydrogen) atoms. The van der Waals surface area contributed by atoms with Crippen LogP contribution in [-0.2, 0) is 0 Å². The fourth-order valence-electron chi connectivity index (χ4n) is 1.37. The van der Waals surface area contributed by atoms with Gasteiger partial charge in [0.05, 0.1) is 0 Å². The minimum absolute atomic E-state index is 0.195. The predicted octanol–water partition coefficient (Wildman–Crippen LogP) is 0.945. The second-order valence-corrected chi connectivity index (χ2v) is 3.32. The molecule has 78 valence electrons. The lowest BCUT2D eigenvalue weighted by atomic mass is 10.1. The van der Waals surface area contributed by atoms with Crippen LogP contribution in [0, 0.1) is 13.8 Å². The molecule has 2 rings (SSSR count). The third kappa shape index (κ3) is 1.32. The van der Waals surface area contributed by atoms with Gasteiger partial charge in [0.1, 0.15) is 0 Å². The number of hydrogen-bond acceptors (Lipinski definition) is 5. The molecule has 0 amide bonds. The maximum atomic E-state index is 11.0. The number of nitrogens with two attached hydrogens (primary N) is 1. The highest BCUT2D eigenvalue weighted by Gasteiger charge is 2.11. The number of fused-ring (bicyclic) bond motifs is 1. The molecule has 0 saturated carbocycles. The zero-order valence-electron chi connectivity index (χ0n) is 8.29. The first-order valence-electron chi connectivity index (χ1n) is 4.34. The predicted molar refractivity (Wildman–Crippen MR) is 54.9 cm³/mol. The second-order valence-electron chi connectivity index (χ2n) is 3.32. The van der Waals surface area contributed by atoms with E-state index in [1.807, 2.05) is 0 Å². The van der Waals surface area contributed by atoms with Gasteiger partial charge in [0.15, 0.2) is 11.2 Å². The van der Waals surface area contributed by atoms with Crippen molar-refractivity contribution in [1.82, 2.24) is 0 Å². The molecule has 0 saturated heterocycles. The fourth-order valence-corrected chi connectivity index (χ4v) is 1.37. The van der Waals surface area contributed by atoms with Crippen molar-refractivity contribution in [2.24, 2.45) is 0 Å². The number of benzene rings is 1. The van der Waals surface area contributed by atoms with Crippen molar-refractivity contribution in [2.45, 2.75) is 13.8 Å². The molecule has 0 aliphatic carbocycles. The molecule has 1 aromatic heterocycles. The van der Waals surface area contributed by atoms with E-state index in [0.29, 0.717) is 11.3 Å². The molecule has 5 heteroatoms. The normalized spacial score (nSPS) is 10.8.